The highest BCUT2D eigenvalue weighted by Crippen LogP contribution is 2.29. The Morgan fingerprint density at radius 3 is 2.33 bits per heavy atom. The maximum Gasteiger partial charge on any atom is 0.228 e. The summed E-state index contributed by atoms with van der Waals surface area (Å²) in [6.07, 6.45) is -0.946. The molecule has 9 heteroatoms. The monoisotopic (exact) mass is 499 g/mol. The van der Waals surface area contributed by atoms with E-state index in [9.17, 15) is 4.79 Å². The summed E-state index contributed by atoms with van der Waals surface area (Å²) in [6, 6.07) is 20.7. The highest BCUT2D eigenvalue weighted by atomic mass is 35.6. The molecular weight excluding hydrogens is 484 g/mol. The zero-order chi connectivity index (χ0) is 21.7. The van der Waals surface area contributed by atoms with Crippen LogP contribution in [0, 0.1) is 0 Å². The van der Waals surface area contributed by atoms with Gasteiger partial charge in [0.05, 0.1) is 17.1 Å². The van der Waals surface area contributed by atoms with Crippen molar-refractivity contribution in [1.82, 2.24) is 10.6 Å². The normalized spacial score (nSPS) is 12.3. The van der Waals surface area contributed by atoms with E-state index in [0.29, 0.717) is 10.7 Å². The Hall–Kier alpha value is -1.76. The summed E-state index contributed by atoms with van der Waals surface area (Å²) in [6.45, 7) is 0. The summed E-state index contributed by atoms with van der Waals surface area (Å²) < 4.78 is -1.85. The summed E-state index contributed by atoms with van der Waals surface area (Å²) in [4.78, 5) is 12.7. The summed E-state index contributed by atoms with van der Waals surface area (Å²) in [5, 5.41) is 11.1. The van der Waals surface area contributed by atoms with Gasteiger partial charge < -0.3 is 16.0 Å². The van der Waals surface area contributed by atoms with Gasteiger partial charge in [-0.15, -0.1) is 0 Å². The SMILES string of the molecule is O=C(Cc1cccc2ccccc12)N[C@H](NC(=S)Nc1ccccc1Cl)C(Cl)(Cl)Cl. The fraction of sp³-hybridized carbons (Fsp3) is 0.143. The number of alkyl halides is 3. The number of carbonyl (C=O) groups excluding carboxylic acids is 1. The van der Waals surface area contributed by atoms with Gasteiger partial charge in [-0.1, -0.05) is 101 Å². The molecule has 0 heterocycles. The van der Waals surface area contributed by atoms with Crippen molar-refractivity contribution in [1.29, 1.82) is 0 Å². The van der Waals surface area contributed by atoms with Gasteiger partial charge in [0.25, 0.3) is 0 Å². The van der Waals surface area contributed by atoms with Crippen molar-refractivity contribution in [2.24, 2.45) is 0 Å². The summed E-state index contributed by atoms with van der Waals surface area (Å²) in [5.41, 5.74) is 1.45. The van der Waals surface area contributed by atoms with Gasteiger partial charge in [0, 0.05) is 0 Å². The zero-order valence-electron chi connectivity index (χ0n) is 15.5. The molecule has 1 amide bonds. The van der Waals surface area contributed by atoms with Crippen LogP contribution in [-0.4, -0.2) is 21.0 Å². The second kappa shape index (κ2) is 10.0. The van der Waals surface area contributed by atoms with Gasteiger partial charge in [0.2, 0.25) is 9.70 Å². The lowest BCUT2D eigenvalue weighted by Gasteiger charge is -2.28. The average molecular weight is 501 g/mol. The van der Waals surface area contributed by atoms with Crippen molar-refractivity contribution < 1.29 is 4.79 Å². The van der Waals surface area contributed by atoms with E-state index < -0.39 is 9.96 Å². The number of amides is 1. The lowest BCUT2D eigenvalue weighted by atomic mass is 10.0. The Bertz CT molecular complexity index is 1070. The van der Waals surface area contributed by atoms with Gasteiger partial charge in [-0.25, -0.2) is 0 Å². The molecule has 156 valence electrons. The molecule has 0 spiro atoms. The fourth-order valence-electron chi connectivity index (χ4n) is 2.88. The first-order valence-corrected chi connectivity index (χ1v) is 10.8. The Morgan fingerprint density at radius 2 is 1.60 bits per heavy atom. The molecule has 30 heavy (non-hydrogen) atoms. The van der Waals surface area contributed by atoms with Crippen molar-refractivity contribution in [2.75, 3.05) is 5.32 Å². The molecule has 1 atom stereocenters. The summed E-state index contributed by atoms with van der Waals surface area (Å²) >= 11 is 29.6. The third kappa shape index (κ3) is 6.13. The molecule has 0 radical (unpaired) electrons. The number of benzene rings is 3. The maximum absolute atomic E-state index is 12.7. The topological polar surface area (TPSA) is 53.2 Å². The molecule has 0 fully saturated rings. The molecule has 0 saturated carbocycles. The highest BCUT2D eigenvalue weighted by Gasteiger charge is 2.34. The van der Waals surface area contributed by atoms with Crippen molar-refractivity contribution in [2.45, 2.75) is 16.4 Å². The molecule has 0 aliphatic rings. The number of fused-ring (bicyclic) bond motifs is 1. The molecule has 0 aliphatic heterocycles. The molecule has 0 aromatic heterocycles. The molecular formula is C21H17Cl4N3OS. The number of rotatable bonds is 5. The molecule has 0 aliphatic carbocycles. The predicted molar refractivity (Wildman–Crippen MR) is 131 cm³/mol. The van der Waals surface area contributed by atoms with Crippen LogP contribution >= 0.6 is 58.6 Å². The molecule has 0 saturated heterocycles. The third-order valence-corrected chi connectivity index (χ3v) is 5.47. The van der Waals surface area contributed by atoms with E-state index in [-0.39, 0.29) is 17.4 Å². The molecule has 3 aromatic carbocycles. The van der Waals surface area contributed by atoms with Crippen LogP contribution in [0.5, 0.6) is 0 Å². The van der Waals surface area contributed by atoms with Crippen LogP contribution in [0.15, 0.2) is 66.7 Å². The number of nitrogens with one attached hydrogen (secondary N) is 3. The van der Waals surface area contributed by atoms with Crippen LogP contribution in [0.1, 0.15) is 5.56 Å². The number of para-hydroxylation sites is 1. The second-order valence-electron chi connectivity index (χ2n) is 6.44. The minimum absolute atomic E-state index is 0.116. The van der Waals surface area contributed by atoms with E-state index in [1.165, 1.54) is 0 Å². The Kier molecular flexibility index (Phi) is 7.66. The van der Waals surface area contributed by atoms with Crippen LogP contribution < -0.4 is 16.0 Å². The van der Waals surface area contributed by atoms with E-state index in [1.807, 2.05) is 42.5 Å². The largest absolute Gasteiger partial charge is 0.339 e. The summed E-state index contributed by atoms with van der Waals surface area (Å²) in [5.74, 6) is -0.323. The van der Waals surface area contributed by atoms with Gasteiger partial charge in [-0.05, 0) is 40.7 Å². The van der Waals surface area contributed by atoms with Crippen molar-refractivity contribution in [3.8, 4) is 0 Å². The molecule has 3 aromatic rings. The van der Waals surface area contributed by atoms with Crippen molar-refractivity contribution in [3.05, 3.63) is 77.3 Å². The zero-order valence-corrected chi connectivity index (χ0v) is 19.3. The lowest BCUT2D eigenvalue weighted by molar-refractivity contribution is -0.121. The minimum Gasteiger partial charge on any atom is -0.339 e. The molecule has 0 unspecified atom stereocenters. The number of halogens is 4. The van der Waals surface area contributed by atoms with Gasteiger partial charge in [0.15, 0.2) is 5.11 Å². The van der Waals surface area contributed by atoms with Gasteiger partial charge in [-0.3, -0.25) is 4.79 Å². The lowest BCUT2D eigenvalue weighted by Crippen LogP contribution is -2.56. The number of hydrogen-bond donors (Lipinski definition) is 3. The molecule has 3 rings (SSSR count). The van der Waals surface area contributed by atoms with E-state index in [2.05, 4.69) is 16.0 Å². The van der Waals surface area contributed by atoms with Crippen molar-refractivity contribution >= 4 is 86.1 Å². The first kappa shape index (κ1) is 22.9. The number of hydrogen-bond acceptors (Lipinski definition) is 2. The van der Waals surface area contributed by atoms with Gasteiger partial charge >= 0.3 is 0 Å². The Labute approximate surface area is 199 Å². The number of thiocarbonyl (C=S) groups is 1. The third-order valence-electron chi connectivity index (χ3n) is 4.26. The maximum atomic E-state index is 12.7. The highest BCUT2D eigenvalue weighted by molar-refractivity contribution is 7.80. The van der Waals surface area contributed by atoms with Crippen LogP contribution in [0.4, 0.5) is 5.69 Å². The number of carbonyl (C=O) groups is 1. The predicted octanol–water partition coefficient (Wildman–Crippen LogP) is 5.83. The molecule has 4 nitrogen and oxygen atoms in total. The standard InChI is InChI=1S/C21H17Cl4N3OS/c22-16-10-3-4-11-17(16)26-20(30)28-19(21(23,24)25)27-18(29)12-14-8-5-7-13-6-1-2-9-15(13)14/h1-11,19H,12H2,(H,27,29)(H2,26,28,30)/t19-/m1/s1. The minimum atomic E-state index is -1.85. The van der Waals surface area contributed by atoms with E-state index in [4.69, 9.17) is 58.6 Å². The fourth-order valence-corrected chi connectivity index (χ4v) is 3.62. The van der Waals surface area contributed by atoms with Crippen LogP contribution in [0.3, 0.4) is 0 Å². The number of anilines is 1. The smallest absolute Gasteiger partial charge is 0.228 e. The molecule has 0 bridgehead atoms. The Balaban J connectivity index is 1.69. The van der Waals surface area contributed by atoms with Gasteiger partial charge in [-0.2, -0.15) is 0 Å². The van der Waals surface area contributed by atoms with Gasteiger partial charge in [0.1, 0.15) is 6.17 Å². The average Bonchev–Trinajstić information content (AvgIpc) is 2.69. The second-order valence-corrected chi connectivity index (χ2v) is 9.62. The van der Waals surface area contributed by atoms with E-state index >= 15 is 0 Å². The van der Waals surface area contributed by atoms with Crippen molar-refractivity contribution in [3.63, 3.8) is 0 Å². The van der Waals surface area contributed by atoms with E-state index in [0.717, 1.165) is 16.3 Å². The van der Waals surface area contributed by atoms with E-state index in [1.54, 1.807) is 24.3 Å². The first-order valence-electron chi connectivity index (χ1n) is 8.89. The van der Waals surface area contributed by atoms with Crippen LogP contribution in [0.2, 0.25) is 5.02 Å². The Morgan fingerprint density at radius 1 is 0.933 bits per heavy atom. The molecule has 3 N–H and O–H groups in total. The summed E-state index contributed by atoms with van der Waals surface area (Å²) in [7, 11) is 0. The first-order chi connectivity index (χ1) is 14.2. The van der Waals surface area contributed by atoms with Crippen LogP contribution in [-0.2, 0) is 11.2 Å². The quantitative estimate of drug-likeness (QED) is 0.234. The van der Waals surface area contributed by atoms with Crippen LogP contribution in [0.25, 0.3) is 10.8 Å².